The summed E-state index contributed by atoms with van der Waals surface area (Å²) in [6, 6.07) is 0. The topological polar surface area (TPSA) is 17.1 Å². The molecule has 0 heterocycles. The van der Waals surface area contributed by atoms with Gasteiger partial charge in [0.15, 0.2) is 5.78 Å². The van der Waals surface area contributed by atoms with Gasteiger partial charge >= 0.3 is 0 Å². The van der Waals surface area contributed by atoms with Crippen LogP contribution in [-0.2, 0) is 4.79 Å². The highest BCUT2D eigenvalue weighted by Gasteiger charge is 2.28. The lowest BCUT2D eigenvalue weighted by Crippen LogP contribution is -2.28. The molecule has 72 valence electrons. The van der Waals surface area contributed by atoms with Gasteiger partial charge in [-0.25, -0.2) is 0 Å². The van der Waals surface area contributed by atoms with E-state index >= 15 is 0 Å². The molecule has 0 aromatic rings. The van der Waals surface area contributed by atoms with Crippen LogP contribution in [0.5, 0.6) is 0 Å². The van der Waals surface area contributed by atoms with Gasteiger partial charge in [0, 0.05) is 5.41 Å². The van der Waals surface area contributed by atoms with E-state index in [4.69, 9.17) is 11.6 Å². The van der Waals surface area contributed by atoms with Crippen LogP contribution < -0.4 is 0 Å². The fraction of sp³-hybridized carbons (Fsp3) is 0.900. The maximum Gasteiger partial charge on any atom is 0.153 e. The van der Waals surface area contributed by atoms with Gasteiger partial charge in [0.2, 0.25) is 0 Å². The highest BCUT2D eigenvalue weighted by Crippen LogP contribution is 2.29. The highest BCUT2D eigenvalue weighted by atomic mass is 35.5. The minimum Gasteiger partial charge on any atom is -0.298 e. The van der Waals surface area contributed by atoms with Crippen molar-refractivity contribution in [2.45, 2.75) is 46.5 Å². The number of Topliss-reactive ketones (excluding diaryl/α,β-unsaturated/α-hetero) is 1. The summed E-state index contributed by atoms with van der Waals surface area (Å²) in [5.74, 6) is 0.355. The summed E-state index contributed by atoms with van der Waals surface area (Å²) in [6.07, 6.45) is 4.14. The van der Waals surface area contributed by atoms with Crippen LogP contribution in [0.1, 0.15) is 46.5 Å². The molecule has 0 N–H and O–H groups in total. The van der Waals surface area contributed by atoms with Gasteiger partial charge in [-0.05, 0) is 12.8 Å². The summed E-state index contributed by atoms with van der Waals surface area (Å²) in [4.78, 5) is 11.4. The van der Waals surface area contributed by atoms with E-state index in [1.54, 1.807) is 0 Å². The first-order valence-corrected chi connectivity index (χ1v) is 5.23. The number of rotatable bonds is 6. The van der Waals surface area contributed by atoms with Crippen LogP contribution in [0.2, 0.25) is 0 Å². The summed E-state index contributed by atoms with van der Waals surface area (Å²) >= 11 is 5.54. The lowest BCUT2D eigenvalue weighted by Gasteiger charge is -2.25. The molecule has 0 aliphatic rings. The Morgan fingerprint density at radius 3 is 2.33 bits per heavy atom. The van der Waals surface area contributed by atoms with E-state index in [1.165, 1.54) is 0 Å². The molecule has 1 unspecified atom stereocenters. The lowest BCUT2D eigenvalue weighted by molar-refractivity contribution is -0.126. The number of unbranched alkanes of at least 4 members (excludes halogenated alkanes) is 1. The third-order valence-corrected chi connectivity index (χ3v) is 2.90. The molecule has 0 aromatic carbocycles. The van der Waals surface area contributed by atoms with Crippen molar-refractivity contribution in [2.24, 2.45) is 5.41 Å². The average molecular weight is 191 g/mol. The maximum atomic E-state index is 11.4. The predicted molar refractivity (Wildman–Crippen MR) is 53.7 cm³/mol. The third kappa shape index (κ3) is 3.14. The molecule has 0 aliphatic carbocycles. The Hall–Kier alpha value is -0.0400. The molecule has 0 saturated heterocycles. The maximum absolute atomic E-state index is 11.4. The molecule has 0 saturated carbocycles. The zero-order chi connectivity index (χ0) is 9.61. The quantitative estimate of drug-likeness (QED) is 0.587. The van der Waals surface area contributed by atoms with Crippen molar-refractivity contribution in [1.29, 1.82) is 0 Å². The van der Waals surface area contributed by atoms with E-state index in [-0.39, 0.29) is 17.1 Å². The summed E-state index contributed by atoms with van der Waals surface area (Å²) < 4.78 is 0. The smallest absolute Gasteiger partial charge is 0.153 e. The Bertz CT molecular complexity index is 145. The van der Waals surface area contributed by atoms with Gasteiger partial charge in [-0.1, -0.05) is 33.6 Å². The van der Waals surface area contributed by atoms with Crippen LogP contribution >= 0.6 is 11.6 Å². The second kappa shape index (κ2) is 5.58. The van der Waals surface area contributed by atoms with E-state index in [0.29, 0.717) is 0 Å². The van der Waals surface area contributed by atoms with E-state index in [1.807, 2.05) is 6.92 Å². The molecular weight excluding hydrogens is 172 g/mol. The highest BCUT2D eigenvalue weighted by molar-refractivity contribution is 6.28. The first-order valence-electron chi connectivity index (χ1n) is 4.70. The number of halogens is 1. The molecule has 0 fully saturated rings. The molecule has 0 aromatic heterocycles. The molecule has 12 heavy (non-hydrogen) atoms. The van der Waals surface area contributed by atoms with Gasteiger partial charge in [0.25, 0.3) is 0 Å². The van der Waals surface area contributed by atoms with Crippen molar-refractivity contribution in [2.75, 3.05) is 5.88 Å². The zero-order valence-electron chi connectivity index (χ0n) is 8.32. The summed E-state index contributed by atoms with van der Waals surface area (Å²) in [6.45, 7) is 6.22. The Kier molecular flexibility index (Phi) is 5.56. The van der Waals surface area contributed by atoms with Gasteiger partial charge in [-0.3, -0.25) is 4.79 Å². The van der Waals surface area contributed by atoms with Crippen LogP contribution in [0.4, 0.5) is 0 Å². The largest absolute Gasteiger partial charge is 0.298 e. The normalized spacial score (nSPS) is 15.7. The Morgan fingerprint density at radius 1 is 1.42 bits per heavy atom. The number of carbonyl (C=O) groups excluding carboxylic acids is 1. The summed E-state index contributed by atoms with van der Waals surface area (Å²) in [5.41, 5.74) is -0.169. The van der Waals surface area contributed by atoms with Crippen molar-refractivity contribution in [3.8, 4) is 0 Å². The SMILES string of the molecule is CCCCC(C)(CC)C(=O)CCl. The van der Waals surface area contributed by atoms with Crippen molar-refractivity contribution >= 4 is 17.4 Å². The molecule has 0 radical (unpaired) electrons. The van der Waals surface area contributed by atoms with Crippen molar-refractivity contribution < 1.29 is 4.79 Å². The van der Waals surface area contributed by atoms with E-state index in [2.05, 4.69) is 13.8 Å². The molecule has 0 aliphatic heterocycles. The zero-order valence-corrected chi connectivity index (χ0v) is 9.08. The Morgan fingerprint density at radius 2 is 2.00 bits per heavy atom. The number of hydrogen-bond acceptors (Lipinski definition) is 1. The first-order chi connectivity index (χ1) is 5.60. The van der Waals surface area contributed by atoms with E-state index in [9.17, 15) is 4.79 Å². The number of carbonyl (C=O) groups is 1. The van der Waals surface area contributed by atoms with Gasteiger partial charge in [0.05, 0.1) is 5.88 Å². The van der Waals surface area contributed by atoms with Gasteiger partial charge in [0.1, 0.15) is 0 Å². The summed E-state index contributed by atoms with van der Waals surface area (Å²) in [7, 11) is 0. The standard InChI is InChI=1S/C10H19ClO/c1-4-6-7-10(3,5-2)9(12)8-11/h4-8H2,1-3H3. The van der Waals surface area contributed by atoms with Crippen LogP contribution in [0, 0.1) is 5.41 Å². The molecule has 1 atom stereocenters. The van der Waals surface area contributed by atoms with Crippen molar-refractivity contribution in [1.82, 2.24) is 0 Å². The average Bonchev–Trinajstić information content (AvgIpc) is 2.12. The molecule has 0 rings (SSSR count). The van der Waals surface area contributed by atoms with Crippen molar-refractivity contribution in [3.05, 3.63) is 0 Å². The van der Waals surface area contributed by atoms with Crippen LogP contribution in [0.3, 0.4) is 0 Å². The lowest BCUT2D eigenvalue weighted by atomic mass is 9.79. The molecule has 1 nitrogen and oxygen atoms in total. The fourth-order valence-electron chi connectivity index (χ4n) is 1.24. The van der Waals surface area contributed by atoms with Gasteiger partial charge in [-0.2, -0.15) is 0 Å². The molecular formula is C10H19ClO. The number of hydrogen-bond donors (Lipinski definition) is 0. The van der Waals surface area contributed by atoms with Crippen LogP contribution in [0.25, 0.3) is 0 Å². The Balaban J connectivity index is 4.13. The predicted octanol–water partition coefficient (Wildman–Crippen LogP) is 3.40. The third-order valence-electron chi connectivity index (χ3n) is 2.66. The van der Waals surface area contributed by atoms with Gasteiger partial charge < -0.3 is 0 Å². The number of alkyl halides is 1. The molecule has 0 amide bonds. The minimum atomic E-state index is -0.169. The molecule has 2 heteroatoms. The fourth-order valence-corrected chi connectivity index (χ4v) is 1.56. The second-order valence-electron chi connectivity index (χ2n) is 3.57. The number of ketones is 1. The monoisotopic (exact) mass is 190 g/mol. The van der Waals surface area contributed by atoms with Crippen LogP contribution in [0.15, 0.2) is 0 Å². The van der Waals surface area contributed by atoms with Crippen LogP contribution in [-0.4, -0.2) is 11.7 Å². The van der Waals surface area contributed by atoms with Crippen molar-refractivity contribution in [3.63, 3.8) is 0 Å². The van der Waals surface area contributed by atoms with Gasteiger partial charge in [-0.15, -0.1) is 11.6 Å². The molecule has 0 bridgehead atoms. The first kappa shape index (κ1) is 12.0. The summed E-state index contributed by atoms with van der Waals surface area (Å²) in [5, 5.41) is 0. The molecule has 0 spiro atoms. The van der Waals surface area contributed by atoms with E-state index in [0.717, 1.165) is 25.7 Å². The minimum absolute atomic E-state index is 0.161. The van der Waals surface area contributed by atoms with E-state index < -0.39 is 0 Å². The Labute approximate surface area is 80.5 Å². The second-order valence-corrected chi connectivity index (χ2v) is 3.84.